The van der Waals surface area contributed by atoms with Crippen LogP contribution in [-0.4, -0.2) is 6.47 Å². The molecule has 0 aromatic heterocycles. The normalized spacial score (nSPS) is 9.75. The molecule has 0 fully saturated rings. The Morgan fingerprint density at radius 1 is 0.938 bits per heavy atom. The first kappa shape index (κ1) is 10.4. The Balaban J connectivity index is 2.15. The Morgan fingerprint density at radius 3 is 2.44 bits per heavy atom. The Kier molecular flexibility index (Phi) is 3.34. The molecule has 0 aliphatic carbocycles. The predicted octanol–water partition coefficient (Wildman–Crippen LogP) is 2.81. The maximum atomic E-state index is 10.2. The molecule has 0 aliphatic heterocycles. The van der Waals surface area contributed by atoms with Gasteiger partial charge in [-0.2, -0.15) is 0 Å². The molecule has 16 heavy (non-hydrogen) atoms. The Hall–Kier alpha value is -2.09. The van der Waals surface area contributed by atoms with Crippen LogP contribution in [0.5, 0.6) is 5.75 Å². The first-order valence-electron chi connectivity index (χ1n) is 5.11. The minimum atomic E-state index is 0.446. The lowest BCUT2D eigenvalue weighted by molar-refractivity contribution is -0.120. The van der Waals surface area contributed by atoms with E-state index in [1.807, 2.05) is 36.4 Å². The van der Waals surface area contributed by atoms with Gasteiger partial charge >= 0.3 is 0 Å². The molecule has 0 aliphatic rings. The Morgan fingerprint density at radius 2 is 1.69 bits per heavy atom. The number of benzene rings is 2. The van der Waals surface area contributed by atoms with Crippen molar-refractivity contribution in [2.45, 2.75) is 6.42 Å². The minimum Gasteiger partial charge on any atom is -0.429 e. The maximum absolute atomic E-state index is 10.2. The van der Waals surface area contributed by atoms with E-state index in [4.69, 9.17) is 4.74 Å². The van der Waals surface area contributed by atoms with Crippen LogP contribution in [0.25, 0.3) is 0 Å². The fourth-order valence-corrected chi connectivity index (χ4v) is 1.62. The zero-order valence-electron chi connectivity index (χ0n) is 8.80. The third-order valence-electron chi connectivity index (χ3n) is 2.33. The smallest absolute Gasteiger partial charge is 0.298 e. The van der Waals surface area contributed by atoms with Gasteiger partial charge in [-0.15, -0.1) is 0 Å². The standard InChI is InChI=1S/C14H12O2/c15-11-16-14-8-4-7-13(10-14)9-12-5-2-1-3-6-12/h1-8,10-11H,9H2. The molecule has 0 saturated carbocycles. The molecular weight excluding hydrogens is 200 g/mol. The Bertz CT molecular complexity index is 463. The molecule has 2 rings (SSSR count). The molecule has 0 spiro atoms. The summed E-state index contributed by atoms with van der Waals surface area (Å²) in [6.45, 7) is 0.446. The van der Waals surface area contributed by atoms with Crippen molar-refractivity contribution in [3.05, 3.63) is 65.7 Å². The molecular formula is C14H12O2. The molecule has 0 atom stereocenters. The van der Waals surface area contributed by atoms with Gasteiger partial charge in [0, 0.05) is 0 Å². The van der Waals surface area contributed by atoms with Crippen LogP contribution in [0.15, 0.2) is 54.6 Å². The Labute approximate surface area is 94.5 Å². The molecule has 80 valence electrons. The van der Waals surface area contributed by atoms with Crippen molar-refractivity contribution < 1.29 is 9.53 Å². The minimum absolute atomic E-state index is 0.446. The quantitative estimate of drug-likeness (QED) is 0.728. The topological polar surface area (TPSA) is 26.3 Å². The summed E-state index contributed by atoms with van der Waals surface area (Å²) in [4.78, 5) is 10.2. The molecule has 0 N–H and O–H groups in total. The predicted molar refractivity (Wildman–Crippen MR) is 62.4 cm³/mol. The van der Waals surface area contributed by atoms with Gasteiger partial charge in [-0.05, 0) is 29.7 Å². The van der Waals surface area contributed by atoms with Crippen LogP contribution in [-0.2, 0) is 11.2 Å². The van der Waals surface area contributed by atoms with E-state index >= 15 is 0 Å². The molecule has 0 unspecified atom stereocenters. The highest BCUT2D eigenvalue weighted by atomic mass is 16.5. The van der Waals surface area contributed by atoms with Crippen LogP contribution in [0, 0.1) is 0 Å². The maximum Gasteiger partial charge on any atom is 0.298 e. The molecule has 0 radical (unpaired) electrons. The number of ether oxygens (including phenoxy) is 1. The van der Waals surface area contributed by atoms with E-state index < -0.39 is 0 Å². The van der Waals surface area contributed by atoms with E-state index in [0.717, 1.165) is 12.0 Å². The SMILES string of the molecule is O=COc1cccc(Cc2ccccc2)c1. The highest BCUT2D eigenvalue weighted by Gasteiger charge is 1.98. The van der Waals surface area contributed by atoms with Crippen molar-refractivity contribution in [3.8, 4) is 5.75 Å². The van der Waals surface area contributed by atoms with Crippen LogP contribution >= 0.6 is 0 Å². The molecule has 0 heterocycles. The molecule has 2 aromatic rings. The second-order valence-electron chi connectivity index (χ2n) is 3.52. The highest BCUT2D eigenvalue weighted by molar-refractivity contribution is 5.46. The van der Waals surface area contributed by atoms with E-state index in [1.54, 1.807) is 6.07 Å². The van der Waals surface area contributed by atoms with Gasteiger partial charge in [-0.1, -0.05) is 42.5 Å². The molecule has 0 amide bonds. The van der Waals surface area contributed by atoms with Crippen LogP contribution in [0.4, 0.5) is 0 Å². The first-order chi connectivity index (χ1) is 7.88. The van der Waals surface area contributed by atoms with Gasteiger partial charge in [-0.3, -0.25) is 4.79 Å². The first-order valence-corrected chi connectivity index (χ1v) is 5.11. The number of hydrogen-bond donors (Lipinski definition) is 0. The van der Waals surface area contributed by atoms with Crippen LogP contribution in [0.2, 0.25) is 0 Å². The summed E-state index contributed by atoms with van der Waals surface area (Å²) in [6.07, 6.45) is 0.844. The average molecular weight is 212 g/mol. The highest BCUT2D eigenvalue weighted by Crippen LogP contribution is 2.15. The van der Waals surface area contributed by atoms with Gasteiger partial charge < -0.3 is 4.74 Å². The van der Waals surface area contributed by atoms with E-state index in [9.17, 15) is 4.79 Å². The van der Waals surface area contributed by atoms with Crippen LogP contribution in [0.1, 0.15) is 11.1 Å². The molecule has 2 heteroatoms. The largest absolute Gasteiger partial charge is 0.429 e. The summed E-state index contributed by atoms with van der Waals surface area (Å²) in [6, 6.07) is 17.7. The van der Waals surface area contributed by atoms with Gasteiger partial charge in [0.2, 0.25) is 0 Å². The number of hydrogen-bond acceptors (Lipinski definition) is 2. The second-order valence-corrected chi connectivity index (χ2v) is 3.52. The third kappa shape index (κ3) is 2.70. The van der Waals surface area contributed by atoms with Gasteiger partial charge in [0.15, 0.2) is 0 Å². The number of carbonyl (C=O) groups excluding carboxylic acids is 1. The van der Waals surface area contributed by atoms with Gasteiger partial charge in [0.25, 0.3) is 6.47 Å². The zero-order chi connectivity index (χ0) is 11.2. The van der Waals surface area contributed by atoms with E-state index in [1.165, 1.54) is 5.56 Å². The fourth-order valence-electron chi connectivity index (χ4n) is 1.62. The summed E-state index contributed by atoms with van der Waals surface area (Å²) < 4.78 is 4.80. The van der Waals surface area contributed by atoms with Crippen molar-refractivity contribution in [2.24, 2.45) is 0 Å². The van der Waals surface area contributed by atoms with Crippen molar-refractivity contribution >= 4 is 6.47 Å². The van der Waals surface area contributed by atoms with Crippen molar-refractivity contribution in [2.75, 3.05) is 0 Å². The lowest BCUT2D eigenvalue weighted by Gasteiger charge is -2.03. The summed E-state index contributed by atoms with van der Waals surface area (Å²) in [7, 11) is 0. The van der Waals surface area contributed by atoms with Gasteiger partial charge in [-0.25, -0.2) is 0 Å². The summed E-state index contributed by atoms with van der Waals surface area (Å²) >= 11 is 0. The lowest BCUT2D eigenvalue weighted by Crippen LogP contribution is -1.91. The second kappa shape index (κ2) is 5.12. The van der Waals surface area contributed by atoms with Crippen LogP contribution in [0.3, 0.4) is 0 Å². The van der Waals surface area contributed by atoms with E-state index in [-0.39, 0.29) is 0 Å². The molecule has 0 saturated heterocycles. The summed E-state index contributed by atoms with van der Waals surface area (Å²) in [5, 5.41) is 0. The van der Waals surface area contributed by atoms with Crippen molar-refractivity contribution in [1.82, 2.24) is 0 Å². The monoisotopic (exact) mass is 212 g/mol. The zero-order valence-corrected chi connectivity index (χ0v) is 8.80. The molecule has 0 bridgehead atoms. The molecule has 2 aromatic carbocycles. The molecule has 2 nitrogen and oxygen atoms in total. The van der Waals surface area contributed by atoms with E-state index in [0.29, 0.717) is 12.2 Å². The summed E-state index contributed by atoms with van der Waals surface area (Å²) in [5.41, 5.74) is 2.37. The third-order valence-corrected chi connectivity index (χ3v) is 2.33. The van der Waals surface area contributed by atoms with E-state index in [2.05, 4.69) is 12.1 Å². The fraction of sp³-hybridized carbons (Fsp3) is 0.0714. The van der Waals surface area contributed by atoms with Crippen LogP contribution < -0.4 is 4.74 Å². The van der Waals surface area contributed by atoms with Crippen molar-refractivity contribution in [3.63, 3.8) is 0 Å². The average Bonchev–Trinajstić information content (AvgIpc) is 2.31. The number of rotatable bonds is 4. The van der Waals surface area contributed by atoms with Gasteiger partial charge in [0.05, 0.1) is 0 Å². The number of carbonyl (C=O) groups is 1. The van der Waals surface area contributed by atoms with Crippen molar-refractivity contribution in [1.29, 1.82) is 0 Å². The lowest BCUT2D eigenvalue weighted by atomic mass is 10.1. The summed E-state index contributed by atoms with van der Waals surface area (Å²) in [5.74, 6) is 0.587. The van der Waals surface area contributed by atoms with Gasteiger partial charge in [0.1, 0.15) is 5.75 Å².